The topological polar surface area (TPSA) is 122 Å². The van der Waals surface area contributed by atoms with Crippen LogP contribution in [0.15, 0.2) is 30.7 Å². The predicted molar refractivity (Wildman–Crippen MR) is 121 cm³/mol. The number of rotatable bonds is 5. The Bertz CT molecular complexity index is 1220. The van der Waals surface area contributed by atoms with Crippen molar-refractivity contribution in [3.05, 3.63) is 36.4 Å². The van der Waals surface area contributed by atoms with Crippen LogP contribution in [-0.2, 0) is 7.05 Å². The molecule has 1 aliphatic rings. The molecule has 31 heavy (non-hydrogen) atoms. The number of nitrogens with two attached hydrogens (primary N) is 1. The Morgan fingerprint density at radius 2 is 2.03 bits per heavy atom. The smallest absolute Gasteiger partial charge is 0.167 e. The van der Waals surface area contributed by atoms with Gasteiger partial charge in [-0.15, -0.1) is 0 Å². The van der Waals surface area contributed by atoms with Gasteiger partial charge >= 0.3 is 0 Å². The van der Waals surface area contributed by atoms with Crippen LogP contribution in [0.1, 0.15) is 18.5 Å². The quantitative estimate of drug-likeness (QED) is 0.431. The van der Waals surface area contributed by atoms with Crippen molar-refractivity contribution < 1.29 is 5.11 Å². The van der Waals surface area contributed by atoms with Crippen LogP contribution in [0.4, 0.5) is 16.6 Å². The highest BCUT2D eigenvalue weighted by atomic mass is 32.1. The summed E-state index contributed by atoms with van der Waals surface area (Å²) in [6.45, 7) is 3.43. The van der Waals surface area contributed by atoms with Crippen molar-refractivity contribution >= 4 is 33.8 Å². The number of nitrogens with zero attached hydrogens (tertiary/aromatic N) is 7. The number of anilines is 3. The molecule has 10 nitrogen and oxygen atoms in total. The Hall–Kier alpha value is -3.02. The van der Waals surface area contributed by atoms with Gasteiger partial charge in [0.05, 0.1) is 24.7 Å². The van der Waals surface area contributed by atoms with Crippen molar-refractivity contribution in [3.63, 3.8) is 0 Å². The van der Waals surface area contributed by atoms with E-state index in [-0.39, 0.29) is 6.61 Å². The largest absolute Gasteiger partial charge is 0.394 e. The minimum atomic E-state index is -0.515. The molecule has 5 rings (SSSR count). The summed E-state index contributed by atoms with van der Waals surface area (Å²) in [5, 5.41) is 22.9. The predicted octanol–water partition coefficient (Wildman–Crippen LogP) is 1.93. The van der Waals surface area contributed by atoms with Crippen LogP contribution in [0.5, 0.6) is 0 Å². The van der Waals surface area contributed by atoms with Gasteiger partial charge in [0.15, 0.2) is 5.65 Å². The SMILES string of the molecule is Cc1cc(Nc2cc(N3CCC(N)(CO)CC3)nc3c(-c4cnn(C)c4)cnn23)sn1. The average Bonchev–Trinajstić information content (AvgIpc) is 3.48. The molecule has 0 atom stereocenters. The second-order valence-corrected chi connectivity index (χ2v) is 8.97. The Balaban J connectivity index is 1.58. The lowest BCUT2D eigenvalue weighted by Gasteiger charge is -2.38. The van der Waals surface area contributed by atoms with E-state index in [9.17, 15) is 5.11 Å². The van der Waals surface area contributed by atoms with E-state index < -0.39 is 5.54 Å². The van der Waals surface area contributed by atoms with E-state index in [2.05, 4.69) is 24.8 Å². The van der Waals surface area contributed by atoms with E-state index in [0.29, 0.717) is 12.8 Å². The number of nitrogens with one attached hydrogen (secondary N) is 1. The van der Waals surface area contributed by atoms with Crippen molar-refractivity contribution in [2.45, 2.75) is 25.3 Å². The first kappa shape index (κ1) is 19.9. The number of fused-ring (bicyclic) bond motifs is 1. The third-order valence-corrected chi connectivity index (χ3v) is 6.55. The Labute approximate surface area is 183 Å². The second-order valence-electron chi connectivity index (χ2n) is 8.16. The minimum Gasteiger partial charge on any atom is -0.394 e. The Kier molecular flexibility index (Phi) is 4.88. The molecule has 0 spiro atoms. The summed E-state index contributed by atoms with van der Waals surface area (Å²) < 4.78 is 7.94. The van der Waals surface area contributed by atoms with Crippen LogP contribution in [-0.4, -0.2) is 59.1 Å². The molecule has 0 bridgehead atoms. The highest BCUT2D eigenvalue weighted by Crippen LogP contribution is 2.32. The lowest BCUT2D eigenvalue weighted by atomic mass is 9.89. The monoisotopic (exact) mass is 439 g/mol. The molecular formula is C20H25N9OS. The number of hydrogen-bond donors (Lipinski definition) is 3. The maximum absolute atomic E-state index is 9.60. The van der Waals surface area contributed by atoms with Gasteiger partial charge < -0.3 is 21.1 Å². The van der Waals surface area contributed by atoms with E-state index in [1.165, 1.54) is 11.5 Å². The fourth-order valence-corrected chi connectivity index (χ4v) is 4.52. The number of aromatic nitrogens is 6. The van der Waals surface area contributed by atoms with Gasteiger partial charge in [0.2, 0.25) is 0 Å². The van der Waals surface area contributed by atoms with E-state index in [1.807, 2.05) is 49.2 Å². The third-order valence-electron chi connectivity index (χ3n) is 5.75. The van der Waals surface area contributed by atoms with Gasteiger partial charge in [-0.1, -0.05) is 0 Å². The summed E-state index contributed by atoms with van der Waals surface area (Å²) in [5.41, 5.74) is 9.35. The zero-order valence-corrected chi connectivity index (χ0v) is 18.3. The number of piperidine rings is 1. The van der Waals surface area contributed by atoms with Crippen molar-refractivity contribution in [2.24, 2.45) is 12.8 Å². The number of aliphatic hydroxyl groups excluding tert-OH is 1. The lowest BCUT2D eigenvalue weighted by Crippen LogP contribution is -2.53. The molecule has 0 aromatic carbocycles. The van der Waals surface area contributed by atoms with E-state index in [1.54, 1.807) is 4.68 Å². The molecule has 4 N–H and O–H groups in total. The van der Waals surface area contributed by atoms with Crippen molar-refractivity contribution in [2.75, 3.05) is 29.9 Å². The van der Waals surface area contributed by atoms with E-state index in [0.717, 1.165) is 52.2 Å². The third kappa shape index (κ3) is 3.75. The molecule has 0 unspecified atom stereocenters. The molecule has 4 aromatic rings. The number of hydrogen-bond acceptors (Lipinski definition) is 9. The zero-order chi connectivity index (χ0) is 21.6. The maximum Gasteiger partial charge on any atom is 0.167 e. The minimum absolute atomic E-state index is 0.00137. The van der Waals surface area contributed by atoms with Crippen LogP contribution < -0.4 is 16.0 Å². The molecule has 4 aromatic heterocycles. The lowest BCUT2D eigenvalue weighted by molar-refractivity contribution is 0.170. The van der Waals surface area contributed by atoms with Crippen LogP contribution in [0.2, 0.25) is 0 Å². The molecule has 0 saturated carbocycles. The summed E-state index contributed by atoms with van der Waals surface area (Å²) in [5.74, 6) is 1.66. The Morgan fingerprint density at radius 1 is 1.23 bits per heavy atom. The summed E-state index contributed by atoms with van der Waals surface area (Å²) in [6, 6.07) is 4.01. The van der Waals surface area contributed by atoms with Crippen molar-refractivity contribution in [1.82, 2.24) is 28.8 Å². The maximum atomic E-state index is 9.60. The molecule has 1 fully saturated rings. The van der Waals surface area contributed by atoms with Gasteiger partial charge in [-0.25, -0.2) is 4.98 Å². The van der Waals surface area contributed by atoms with Crippen LogP contribution in [0.25, 0.3) is 16.8 Å². The van der Waals surface area contributed by atoms with Gasteiger partial charge in [-0.2, -0.15) is 19.1 Å². The fraction of sp³-hybridized carbons (Fsp3) is 0.400. The molecule has 5 heterocycles. The highest BCUT2D eigenvalue weighted by molar-refractivity contribution is 7.10. The van der Waals surface area contributed by atoms with E-state index >= 15 is 0 Å². The van der Waals surface area contributed by atoms with E-state index in [4.69, 9.17) is 10.7 Å². The standard InChI is InChI=1S/C20H25N9OS/c1-13-7-18(31-26-13)24-17-8-16(28-5-3-20(21,12-30)4-6-28)25-19-15(10-23-29(17)19)14-9-22-27(2)11-14/h7-11,24,30H,3-6,12,21H2,1-2H3. The van der Waals surface area contributed by atoms with Gasteiger partial charge in [-0.05, 0) is 37.4 Å². The molecule has 0 amide bonds. The summed E-state index contributed by atoms with van der Waals surface area (Å²) in [6.07, 6.45) is 7.01. The average molecular weight is 440 g/mol. The first-order chi connectivity index (χ1) is 14.9. The van der Waals surface area contributed by atoms with Gasteiger partial charge in [0.25, 0.3) is 0 Å². The Morgan fingerprint density at radius 3 is 2.68 bits per heavy atom. The van der Waals surface area contributed by atoms with Gasteiger partial charge in [0, 0.05) is 49.1 Å². The fourth-order valence-electron chi connectivity index (χ4n) is 3.85. The molecular weight excluding hydrogens is 414 g/mol. The molecule has 11 heteroatoms. The number of aliphatic hydroxyl groups is 1. The van der Waals surface area contributed by atoms with Crippen molar-refractivity contribution in [1.29, 1.82) is 0 Å². The molecule has 1 aliphatic heterocycles. The summed E-state index contributed by atoms with van der Waals surface area (Å²) in [7, 11) is 1.89. The second kappa shape index (κ2) is 7.59. The summed E-state index contributed by atoms with van der Waals surface area (Å²) >= 11 is 1.41. The molecule has 1 saturated heterocycles. The highest BCUT2D eigenvalue weighted by Gasteiger charge is 2.31. The zero-order valence-electron chi connectivity index (χ0n) is 17.5. The molecule has 0 aliphatic carbocycles. The van der Waals surface area contributed by atoms with Crippen LogP contribution >= 0.6 is 11.5 Å². The normalized spacial score (nSPS) is 16.2. The van der Waals surface area contributed by atoms with Gasteiger partial charge in [-0.3, -0.25) is 4.68 Å². The van der Waals surface area contributed by atoms with Crippen LogP contribution in [0.3, 0.4) is 0 Å². The summed E-state index contributed by atoms with van der Waals surface area (Å²) in [4.78, 5) is 7.17. The molecule has 162 valence electrons. The van der Waals surface area contributed by atoms with Gasteiger partial charge in [0.1, 0.15) is 16.6 Å². The molecule has 0 radical (unpaired) electrons. The number of aryl methyl sites for hydroxylation is 2. The van der Waals surface area contributed by atoms with Crippen molar-refractivity contribution in [3.8, 4) is 11.1 Å². The van der Waals surface area contributed by atoms with Crippen LogP contribution in [0, 0.1) is 6.92 Å². The first-order valence-corrected chi connectivity index (χ1v) is 10.9. The first-order valence-electron chi connectivity index (χ1n) is 10.2.